The number of hydrogen-bond acceptors (Lipinski definition) is 1. The number of aromatic nitrogens is 1. The van der Waals surface area contributed by atoms with Crippen molar-refractivity contribution in [3.63, 3.8) is 0 Å². The fourth-order valence-corrected chi connectivity index (χ4v) is 2.00. The number of fused-ring (bicyclic) bond motifs is 1. The van der Waals surface area contributed by atoms with Crippen molar-refractivity contribution >= 4 is 11.1 Å². The summed E-state index contributed by atoms with van der Waals surface area (Å²) in [4.78, 5) is 0. The number of para-hydroxylation sites is 3. The van der Waals surface area contributed by atoms with E-state index in [-0.39, 0.29) is 0 Å². The summed E-state index contributed by atoms with van der Waals surface area (Å²) < 4.78 is 7.84. The van der Waals surface area contributed by atoms with Gasteiger partial charge in [0.05, 0.1) is 6.92 Å². The topological polar surface area (TPSA) is 17.0 Å². The fraction of sp³-hybridized carbons (Fsp3) is 0.0714. The lowest BCUT2D eigenvalue weighted by atomic mass is 10.3. The summed E-state index contributed by atoms with van der Waals surface area (Å²) in [6, 6.07) is 18.3. The molecule has 1 aromatic heterocycles. The van der Waals surface area contributed by atoms with Crippen molar-refractivity contribution in [1.82, 2.24) is 0 Å². The summed E-state index contributed by atoms with van der Waals surface area (Å²) in [7, 11) is 0. The number of rotatable bonds is 1. The Labute approximate surface area is 93.8 Å². The number of nitrogens with zero attached hydrogens (tertiary/aromatic N) is 1. The van der Waals surface area contributed by atoms with Gasteiger partial charge in [-0.1, -0.05) is 30.3 Å². The molecular weight excluding hydrogens is 198 g/mol. The first-order valence-electron chi connectivity index (χ1n) is 5.32. The van der Waals surface area contributed by atoms with Gasteiger partial charge in [-0.15, -0.1) is 4.57 Å². The third-order valence-corrected chi connectivity index (χ3v) is 2.69. The minimum absolute atomic E-state index is 0.896. The molecule has 0 aliphatic rings. The molecule has 0 aliphatic carbocycles. The molecule has 2 nitrogen and oxygen atoms in total. The predicted molar refractivity (Wildman–Crippen MR) is 62.5 cm³/mol. The molecule has 3 rings (SSSR count). The van der Waals surface area contributed by atoms with E-state index in [4.69, 9.17) is 4.42 Å². The van der Waals surface area contributed by atoms with Crippen LogP contribution in [0.2, 0.25) is 0 Å². The van der Waals surface area contributed by atoms with Crippen molar-refractivity contribution in [2.45, 2.75) is 6.92 Å². The average molecular weight is 210 g/mol. The van der Waals surface area contributed by atoms with Crippen molar-refractivity contribution in [2.24, 2.45) is 0 Å². The van der Waals surface area contributed by atoms with Gasteiger partial charge in [-0.05, 0) is 6.07 Å². The van der Waals surface area contributed by atoms with E-state index >= 15 is 0 Å². The maximum atomic E-state index is 5.72. The number of hydrogen-bond donors (Lipinski definition) is 0. The molecule has 0 saturated carbocycles. The van der Waals surface area contributed by atoms with Crippen LogP contribution in [0.25, 0.3) is 16.8 Å². The molecule has 0 amide bonds. The second kappa shape index (κ2) is 3.49. The zero-order valence-electron chi connectivity index (χ0n) is 9.05. The Morgan fingerprint density at radius 1 is 0.875 bits per heavy atom. The van der Waals surface area contributed by atoms with Crippen LogP contribution < -0.4 is 4.57 Å². The highest BCUT2D eigenvalue weighted by molar-refractivity contribution is 5.69. The Balaban J connectivity index is 2.35. The molecule has 0 radical (unpaired) electrons. The summed E-state index contributed by atoms with van der Waals surface area (Å²) in [6.45, 7) is 1.98. The second-order valence-electron chi connectivity index (χ2n) is 3.76. The van der Waals surface area contributed by atoms with Gasteiger partial charge < -0.3 is 4.42 Å². The lowest BCUT2D eigenvalue weighted by Gasteiger charge is -1.92. The monoisotopic (exact) mass is 210 g/mol. The van der Waals surface area contributed by atoms with E-state index in [0.29, 0.717) is 0 Å². The molecule has 0 atom stereocenters. The molecule has 0 saturated heterocycles. The van der Waals surface area contributed by atoms with Crippen LogP contribution >= 0.6 is 0 Å². The Kier molecular flexibility index (Phi) is 2.00. The van der Waals surface area contributed by atoms with Gasteiger partial charge in [-0.25, -0.2) is 0 Å². The molecule has 78 valence electrons. The van der Waals surface area contributed by atoms with Crippen molar-refractivity contribution < 1.29 is 8.98 Å². The molecule has 0 bridgehead atoms. The smallest absolute Gasteiger partial charge is 0.350 e. The normalized spacial score (nSPS) is 10.8. The maximum Gasteiger partial charge on any atom is 0.350 e. The number of benzene rings is 2. The Morgan fingerprint density at radius 3 is 2.38 bits per heavy atom. The van der Waals surface area contributed by atoms with Crippen molar-refractivity contribution in [2.75, 3.05) is 0 Å². The fourth-order valence-electron chi connectivity index (χ4n) is 2.00. The molecule has 0 unspecified atom stereocenters. The van der Waals surface area contributed by atoms with E-state index in [1.54, 1.807) is 0 Å². The van der Waals surface area contributed by atoms with Crippen molar-refractivity contribution in [3.8, 4) is 5.69 Å². The number of aryl methyl sites for hydroxylation is 1. The Morgan fingerprint density at radius 2 is 1.56 bits per heavy atom. The van der Waals surface area contributed by atoms with Gasteiger partial charge in [0.15, 0.2) is 0 Å². The highest BCUT2D eigenvalue weighted by Gasteiger charge is 2.20. The van der Waals surface area contributed by atoms with Gasteiger partial charge in [0.2, 0.25) is 11.3 Å². The Bertz CT molecular complexity index is 626. The summed E-state index contributed by atoms with van der Waals surface area (Å²) in [5, 5.41) is 0. The van der Waals surface area contributed by atoms with Gasteiger partial charge in [-0.3, -0.25) is 0 Å². The van der Waals surface area contributed by atoms with Gasteiger partial charge in [0.25, 0.3) is 5.52 Å². The van der Waals surface area contributed by atoms with E-state index in [1.165, 1.54) is 0 Å². The van der Waals surface area contributed by atoms with Crippen LogP contribution in [0.5, 0.6) is 0 Å². The first-order chi connectivity index (χ1) is 7.86. The number of oxazole rings is 1. The summed E-state index contributed by atoms with van der Waals surface area (Å²) >= 11 is 0. The van der Waals surface area contributed by atoms with Crippen LogP contribution in [-0.4, -0.2) is 0 Å². The molecule has 0 spiro atoms. The first-order valence-corrected chi connectivity index (χ1v) is 5.32. The quantitative estimate of drug-likeness (QED) is 0.564. The van der Waals surface area contributed by atoms with Crippen LogP contribution in [0.15, 0.2) is 59.0 Å². The molecule has 0 fully saturated rings. The molecule has 0 N–H and O–H groups in total. The molecular formula is C14H12NO+. The Hall–Kier alpha value is -2.09. The molecule has 0 aliphatic heterocycles. The summed E-state index contributed by atoms with van der Waals surface area (Å²) in [6.07, 6.45) is 0. The van der Waals surface area contributed by atoms with Crippen LogP contribution in [0.1, 0.15) is 5.89 Å². The van der Waals surface area contributed by atoms with Gasteiger partial charge in [-0.2, -0.15) is 0 Å². The zero-order chi connectivity index (χ0) is 11.0. The van der Waals surface area contributed by atoms with E-state index < -0.39 is 0 Å². The van der Waals surface area contributed by atoms with Crippen LogP contribution in [0, 0.1) is 6.92 Å². The molecule has 3 aromatic rings. The lowest BCUT2D eigenvalue weighted by molar-refractivity contribution is -0.581. The average Bonchev–Trinajstić information content (AvgIpc) is 2.66. The van der Waals surface area contributed by atoms with Crippen LogP contribution in [0.4, 0.5) is 0 Å². The summed E-state index contributed by atoms with van der Waals surface area (Å²) in [5.74, 6) is 0.896. The van der Waals surface area contributed by atoms with E-state index in [1.807, 2.05) is 43.3 Å². The largest absolute Gasteiger partial charge is 0.401 e. The first kappa shape index (κ1) is 9.16. The van der Waals surface area contributed by atoms with E-state index in [0.717, 1.165) is 22.7 Å². The van der Waals surface area contributed by atoms with Gasteiger partial charge >= 0.3 is 5.89 Å². The molecule has 2 heteroatoms. The van der Waals surface area contributed by atoms with Gasteiger partial charge in [0.1, 0.15) is 0 Å². The maximum absolute atomic E-state index is 5.72. The third-order valence-electron chi connectivity index (χ3n) is 2.69. The standard InChI is InChI=1S/C14H12NO/c1-11-15(12-7-3-2-4-8-12)13-9-5-6-10-14(13)16-11/h2-10H,1H3/q+1. The van der Waals surface area contributed by atoms with E-state index in [9.17, 15) is 0 Å². The summed E-state index contributed by atoms with van der Waals surface area (Å²) in [5.41, 5.74) is 3.15. The molecule has 2 aromatic carbocycles. The molecule has 16 heavy (non-hydrogen) atoms. The van der Waals surface area contributed by atoms with Crippen molar-refractivity contribution in [1.29, 1.82) is 0 Å². The zero-order valence-corrected chi connectivity index (χ0v) is 9.05. The highest BCUT2D eigenvalue weighted by Crippen LogP contribution is 2.15. The second-order valence-corrected chi connectivity index (χ2v) is 3.76. The van der Waals surface area contributed by atoms with E-state index in [2.05, 4.69) is 22.8 Å². The minimum Gasteiger partial charge on any atom is -0.401 e. The van der Waals surface area contributed by atoms with Crippen molar-refractivity contribution in [3.05, 3.63) is 60.5 Å². The lowest BCUT2D eigenvalue weighted by Crippen LogP contribution is -2.31. The van der Waals surface area contributed by atoms with Gasteiger partial charge in [0, 0.05) is 18.2 Å². The predicted octanol–water partition coefficient (Wildman–Crippen LogP) is 3.02. The van der Waals surface area contributed by atoms with Crippen LogP contribution in [0.3, 0.4) is 0 Å². The molecule has 1 heterocycles. The minimum atomic E-state index is 0.896. The highest BCUT2D eigenvalue weighted by atomic mass is 16.3. The SMILES string of the molecule is Cc1oc2ccccc2[n+]1-c1ccccc1. The van der Waals surface area contributed by atoms with Crippen LogP contribution in [-0.2, 0) is 0 Å². The third kappa shape index (κ3) is 1.31.